The molecule has 0 fully saturated rings. The number of benzene rings is 1. The quantitative estimate of drug-likeness (QED) is 0.692. The molecule has 0 radical (unpaired) electrons. The van der Waals surface area contributed by atoms with Crippen molar-refractivity contribution in [1.29, 1.82) is 0 Å². The molecular formula is C12H8FN3O. The molecule has 1 aromatic carbocycles. The molecule has 1 N–H and O–H groups in total. The van der Waals surface area contributed by atoms with E-state index in [1.54, 1.807) is 24.3 Å². The van der Waals surface area contributed by atoms with Crippen LogP contribution in [-0.4, -0.2) is 14.6 Å². The number of nitrogens with zero attached hydrogens (tertiary/aromatic N) is 2. The highest BCUT2D eigenvalue weighted by molar-refractivity contribution is 5.59. The van der Waals surface area contributed by atoms with E-state index in [9.17, 15) is 9.18 Å². The van der Waals surface area contributed by atoms with Crippen molar-refractivity contribution in [3.63, 3.8) is 0 Å². The van der Waals surface area contributed by atoms with Crippen molar-refractivity contribution in [2.75, 3.05) is 0 Å². The maximum Gasteiger partial charge on any atom is 0.257 e. The Morgan fingerprint density at radius 2 is 2.00 bits per heavy atom. The fourth-order valence-electron chi connectivity index (χ4n) is 1.78. The van der Waals surface area contributed by atoms with Crippen molar-refractivity contribution in [3.05, 3.63) is 58.6 Å². The molecule has 17 heavy (non-hydrogen) atoms. The number of hydrogen-bond acceptors (Lipinski definition) is 2. The number of nitrogens with one attached hydrogen (secondary N) is 1. The summed E-state index contributed by atoms with van der Waals surface area (Å²) in [5, 5.41) is 6.78. The zero-order chi connectivity index (χ0) is 11.8. The predicted octanol–water partition coefficient (Wildman–Crippen LogP) is 1.83. The third kappa shape index (κ3) is 1.52. The molecule has 0 unspecified atom stereocenters. The molecule has 0 saturated heterocycles. The smallest absolute Gasteiger partial charge is 0.257 e. The summed E-state index contributed by atoms with van der Waals surface area (Å²) >= 11 is 0. The summed E-state index contributed by atoms with van der Waals surface area (Å²) in [6, 6.07) is 10.8. The van der Waals surface area contributed by atoms with Gasteiger partial charge in [-0.1, -0.05) is 18.2 Å². The van der Waals surface area contributed by atoms with Crippen molar-refractivity contribution in [2.45, 2.75) is 0 Å². The molecule has 3 aromatic rings. The van der Waals surface area contributed by atoms with E-state index < -0.39 is 0 Å². The monoisotopic (exact) mass is 229 g/mol. The van der Waals surface area contributed by atoms with Crippen LogP contribution >= 0.6 is 0 Å². The van der Waals surface area contributed by atoms with Gasteiger partial charge in [0, 0.05) is 11.6 Å². The lowest BCUT2D eigenvalue weighted by molar-refractivity contribution is 0.628. The van der Waals surface area contributed by atoms with E-state index in [0.717, 1.165) is 0 Å². The molecule has 2 aromatic heterocycles. The predicted molar refractivity (Wildman–Crippen MR) is 61.2 cm³/mol. The SMILES string of the molecule is O=c1cccc2[nH]nc(-c3cccc(F)c3)n12. The number of pyridine rings is 1. The van der Waals surface area contributed by atoms with Gasteiger partial charge in [-0.05, 0) is 18.2 Å². The third-order valence-corrected chi connectivity index (χ3v) is 2.53. The minimum absolute atomic E-state index is 0.199. The maximum absolute atomic E-state index is 13.1. The van der Waals surface area contributed by atoms with Gasteiger partial charge in [-0.2, -0.15) is 5.10 Å². The Bertz CT molecular complexity index is 745. The Labute approximate surface area is 95.3 Å². The first-order valence-corrected chi connectivity index (χ1v) is 5.08. The molecule has 0 atom stereocenters. The van der Waals surface area contributed by atoms with Crippen LogP contribution in [0, 0.1) is 5.82 Å². The summed E-state index contributed by atoms with van der Waals surface area (Å²) in [7, 11) is 0. The molecular weight excluding hydrogens is 221 g/mol. The fourth-order valence-corrected chi connectivity index (χ4v) is 1.78. The van der Waals surface area contributed by atoms with Crippen LogP contribution in [0.2, 0.25) is 0 Å². The molecule has 0 aliphatic rings. The lowest BCUT2D eigenvalue weighted by Crippen LogP contribution is -2.11. The Hall–Kier alpha value is -2.43. The van der Waals surface area contributed by atoms with Gasteiger partial charge in [-0.15, -0.1) is 0 Å². The number of aromatic amines is 1. The van der Waals surface area contributed by atoms with E-state index in [-0.39, 0.29) is 11.4 Å². The van der Waals surface area contributed by atoms with Gasteiger partial charge in [0.05, 0.1) is 0 Å². The molecule has 0 spiro atoms. The Balaban J connectivity index is 2.35. The van der Waals surface area contributed by atoms with Crippen molar-refractivity contribution in [2.24, 2.45) is 0 Å². The van der Waals surface area contributed by atoms with Crippen LogP contribution in [0.15, 0.2) is 47.3 Å². The summed E-state index contributed by atoms with van der Waals surface area (Å²) in [6.45, 7) is 0. The highest BCUT2D eigenvalue weighted by atomic mass is 19.1. The molecule has 0 aliphatic heterocycles. The number of H-pyrrole nitrogens is 1. The fraction of sp³-hybridized carbons (Fsp3) is 0. The van der Waals surface area contributed by atoms with Gasteiger partial charge in [-0.3, -0.25) is 9.89 Å². The second-order valence-electron chi connectivity index (χ2n) is 3.64. The van der Waals surface area contributed by atoms with Gasteiger partial charge in [0.2, 0.25) is 0 Å². The van der Waals surface area contributed by atoms with Crippen molar-refractivity contribution in [3.8, 4) is 11.4 Å². The van der Waals surface area contributed by atoms with Crippen molar-refractivity contribution in [1.82, 2.24) is 14.6 Å². The summed E-state index contributed by atoms with van der Waals surface area (Å²) in [4.78, 5) is 11.7. The molecule has 2 heterocycles. The van der Waals surface area contributed by atoms with Crippen LogP contribution < -0.4 is 5.56 Å². The van der Waals surface area contributed by atoms with E-state index in [1.165, 1.54) is 22.6 Å². The molecule has 0 amide bonds. The van der Waals surface area contributed by atoms with Gasteiger partial charge < -0.3 is 0 Å². The number of hydrogen-bond donors (Lipinski definition) is 1. The van der Waals surface area contributed by atoms with Crippen molar-refractivity contribution < 1.29 is 4.39 Å². The molecule has 3 rings (SSSR count). The van der Waals surface area contributed by atoms with Gasteiger partial charge in [0.15, 0.2) is 5.82 Å². The highest BCUT2D eigenvalue weighted by Crippen LogP contribution is 2.17. The van der Waals surface area contributed by atoms with Crippen LogP contribution in [-0.2, 0) is 0 Å². The second-order valence-corrected chi connectivity index (χ2v) is 3.64. The first-order valence-electron chi connectivity index (χ1n) is 5.08. The molecule has 84 valence electrons. The molecule has 0 saturated carbocycles. The average Bonchev–Trinajstić information content (AvgIpc) is 2.74. The number of fused-ring (bicyclic) bond motifs is 1. The number of aromatic nitrogens is 3. The van der Waals surface area contributed by atoms with E-state index >= 15 is 0 Å². The molecule has 4 nitrogen and oxygen atoms in total. The molecule has 0 aliphatic carbocycles. The van der Waals surface area contributed by atoms with Gasteiger partial charge in [-0.25, -0.2) is 8.79 Å². The second kappa shape index (κ2) is 3.55. The van der Waals surface area contributed by atoms with E-state index in [1.807, 2.05) is 0 Å². The Morgan fingerprint density at radius 1 is 1.18 bits per heavy atom. The average molecular weight is 229 g/mol. The van der Waals surface area contributed by atoms with Crippen molar-refractivity contribution >= 4 is 5.65 Å². The minimum atomic E-state index is -0.359. The molecule has 0 bridgehead atoms. The number of rotatable bonds is 1. The van der Waals surface area contributed by atoms with Crippen LogP contribution in [0.1, 0.15) is 0 Å². The van der Waals surface area contributed by atoms with Crippen LogP contribution in [0.5, 0.6) is 0 Å². The van der Waals surface area contributed by atoms with Crippen LogP contribution in [0.25, 0.3) is 17.0 Å². The van der Waals surface area contributed by atoms with Gasteiger partial charge >= 0.3 is 0 Å². The van der Waals surface area contributed by atoms with E-state index in [4.69, 9.17) is 0 Å². The lowest BCUT2D eigenvalue weighted by Gasteiger charge is -1.98. The van der Waals surface area contributed by atoms with E-state index in [2.05, 4.69) is 10.2 Å². The summed E-state index contributed by atoms with van der Waals surface area (Å²) in [5.41, 5.74) is 0.942. The Morgan fingerprint density at radius 3 is 2.82 bits per heavy atom. The summed E-state index contributed by atoms with van der Waals surface area (Å²) in [6.07, 6.45) is 0. The first kappa shape index (κ1) is 9.77. The summed E-state index contributed by atoms with van der Waals surface area (Å²) in [5.74, 6) is 0.0488. The van der Waals surface area contributed by atoms with Gasteiger partial charge in [0.25, 0.3) is 5.56 Å². The zero-order valence-electron chi connectivity index (χ0n) is 8.72. The largest absolute Gasteiger partial charge is 0.269 e. The lowest BCUT2D eigenvalue weighted by atomic mass is 10.2. The van der Waals surface area contributed by atoms with Crippen LogP contribution in [0.3, 0.4) is 0 Å². The van der Waals surface area contributed by atoms with Gasteiger partial charge in [0.1, 0.15) is 11.5 Å². The number of halogens is 1. The summed E-state index contributed by atoms with van der Waals surface area (Å²) < 4.78 is 14.5. The van der Waals surface area contributed by atoms with E-state index in [0.29, 0.717) is 17.0 Å². The zero-order valence-corrected chi connectivity index (χ0v) is 8.72. The first-order chi connectivity index (χ1) is 8.25. The highest BCUT2D eigenvalue weighted by Gasteiger charge is 2.09. The van der Waals surface area contributed by atoms with Crippen LogP contribution in [0.4, 0.5) is 4.39 Å². The third-order valence-electron chi connectivity index (χ3n) is 2.53. The maximum atomic E-state index is 13.1. The minimum Gasteiger partial charge on any atom is -0.269 e. The molecule has 5 heteroatoms. The topological polar surface area (TPSA) is 50.2 Å². The normalized spacial score (nSPS) is 10.9. The Kier molecular flexibility index (Phi) is 2.04. The standard InChI is InChI=1S/C12H8FN3O/c13-9-4-1-3-8(7-9)12-15-14-10-5-2-6-11(17)16(10)12/h1-7,14H.